The van der Waals surface area contributed by atoms with Gasteiger partial charge in [-0.2, -0.15) is 0 Å². The van der Waals surface area contributed by atoms with Crippen molar-refractivity contribution in [3.8, 4) is 5.75 Å². The lowest BCUT2D eigenvalue weighted by atomic mass is 10.00. The molecule has 0 saturated carbocycles. The van der Waals surface area contributed by atoms with Gasteiger partial charge in [-0.05, 0) is 59.7 Å². The molecule has 0 amide bonds. The molecule has 0 atom stereocenters. The number of fused-ring (bicyclic) bond motifs is 1. The summed E-state index contributed by atoms with van der Waals surface area (Å²) in [6.45, 7) is 2.25. The van der Waals surface area contributed by atoms with E-state index >= 15 is 0 Å². The average Bonchev–Trinajstić information content (AvgIpc) is 2.77. The van der Waals surface area contributed by atoms with Gasteiger partial charge in [-0.25, -0.2) is 0 Å². The number of aliphatic carboxylic acids is 1. The van der Waals surface area contributed by atoms with Gasteiger partial charge in [-0.1, -0.05) is 60.1 Å². The molecular weight excluding hydrogens is 410 g/mol. The van der Waals surface area contributed by atoms with Crippen LogP contribution in [-0.2, 0) is 30.8 Å². The van der Waals surface area contributed by atoms with Crippen LogP contribution >= 0.6 is 11.6 Å². The Balaban J connectivity index is 1.48. The van der Waals surface area contributed by atoms with Crippen molar-refractivity contribution in [1.29, 1.82) is 0 Å². The van der Waals surface area contributed by atoms with Gasteiger partial charge in [0.2, 0.25) is 0 Å². The van der Waals surface area contributed by atoms with Gasteiger partial charge in [0.1, 0.15) is 12.4 Å². The highest BCUT2D eigenvalue weighted by molar-refractivity contribution is 6.30. The summed E-state index contributed by atoms with van der Waals surface area (Å²) in [5, 5.41) is 9.59. The number of hydrogen-bond donors (Lipinski definition) is 1. The van der Waals surface area contributed by atoms with Crippen molar-refractivity contribution in [2.24, 2.45) is 0 Å². The molecule has 31 heavy (non-hydrogen) atoms. The summed E-state index contributed by atoms with van der Waals surface area (Å²) < 4.78 is 6.26. The van der Waals surface area contributed by atoms with E-state index in [1.54, 1.807) is 0 Å². The van der Waals surface area contributed by atoms with E-state index in [0.29, 0.717) is 13.0 Å². The van der Waals surface area contributed by atoms with Crippen LogP contribution in [0.3, 0.4) is 0 Å². The number of benzene rings is 3. The van der Waals surface area contributed by atoms with Crippen LogP contribution < -0.4 is 9.64 Å². The predicted molar refractivity (Wildman–Crippen MR) is 124 cm³/mol. The molecule has 0 unspecified atom stereocenters. The third-order valence-electron chi connectivity index (χ3n) is 5.58. The molecule has 0 aromatic heterocycles. The molecule has 3 aromatic rings. The molecule has 0 fully saturated rings. The summed E-state index contributed by atoms with van der Waals surface area (Å²) in [7, 11) is 0. The summed E-state index contributed by atoms with van der Waals surface area (Å²) in [6.07, 6.45) is 2.86. The molecule has 1 heterocycles. The first kappa shape index (κ1) is 21.3. The van der Waals surface area contributed by atoms with Crippen molar-refractivity contribution in [2.75, 3.05) is 11.4 Å². The summed E-state index contributed by atoms with van der Waals surface area (Å²) in [5.41, 5.74) is 5.76. The quantitative estimate of drug-likeness (QED) is 0.479. The van der Waals surface area contributed by atoms with E-state index in [4.69, 9.17) is 21.4 Å². The first-order valence-corrected chi connectivity index (χ1v) is 11.0. The second-order valence-electron chi connectivity index (χ2n) is 7.92. The van der Waals surface area contributed by atoms with Gasteiger partial charge >= 0.3 is 5.97 Å². The Morgan fingerprint density at radius 3 is 2.55 bits per heavy atom. The molecule has 1 aliphatic heterocycles. The number of hydrogen-bond acceptors (Lipinski definition) is 3. The van der Waals surface area contributed by atoms with E-state index in [9.17, 15) is 4.79 Å². The van der Waals surface area contributed by atoms with E-state index < -0.39 is 5.97 Å². The van der Waals surface area contributed by atoms with E-state index in [1.807, 2.05) is 48.5 Å². The number of aryl methyl sites for hydroxylation is 2. The first-order chi connectivity index (χ1) is 15.1. The number of para-hydroxylation sites is 1. The zero-order chi connectivity index (χ0) is 21.6. The van der Waals surface area contributed by atoms with Crippen LogP contribution in [0.1, 0.15) is 35.1 Å². The van der Waals surface area contributed by atoms with Crippen LogP contribution in [0.4, 0.5) is 5.69 Å². The Labute approximate surface area is 188 Å². The lowest BCUT2D eigenvalue weighted by molar-refractivity contribution is -0.136. The summed E-state index contributed by atoms with van der Waals surface area (Å²) in [5.74, 6) is 0.123. The Hall–Kier alpha value is -2.98. The fourth-order valence-corrected chi connectivity index (χ4v) is 4.26. The maximum Gasteiger partial charge on any atom is 0.303 e. The fourth-order valence-electron chi connectivity index (χ4n) is 4.05. The maximum absolute atomic E-state index is 10.7. The minimum Gasteiger partial charge on any atom is -0.487 e. The highest BCUT2D eigenvalue weighted by Crippen LogP contribution is 2.37. The number of carboxylic acids is 1. The third-order valence-corrected chi connectivity index (χ3v) is 5.82. The standard InChI is InChI=1S/C26H26ClNO3/c27-23-7-1-4-21(16-23)17-28-15-3-6-22-5-2-8-24(26(22)28)31-18-20-11-9-19(10-12-20)13-14-25(29)30/h1-2,4-5,7-12,16H,3,6,13-15,17-18H2,(H,29,30). The predicted octanol–water partition coefficient (Wildman–Crippen LogP) is 5.89. The van der Waals surface area contributed by atoms with Crippen LogP contribution in [0.2, 0.25) is 5.02 Å². The van der Waals surface area contributed by atoms with Crippen molar-refractivity contribution in [1.82, 2.24) is 0 Å². The molecule has 0 radical (unpaired) electrons. The molecule has 0 saturated heterocycles. The smallest absolute Gasteiger partial charge is 0.303 e. The van der Waals surface area contributed by atoms with Crippen LogP contribution in [0, 0.1) is 0 Å². The fraction of sp³-hybridized carbons (Fsp3) is 0.269. The van der Waals surface area contributed by atoms with Crippen molar-refractivity contribution >= 4 is 23.3 Å². The number of ether oxygens (including phenoxy) is 1. The number of carboxylic acid groups (broad SMARTS) is 1. The SMILES string of the molecule is O=C(O)CCc1ccc(COc2cccc3c2N(Cc2cccc(Cl)c2)CCC3)cc1. The van der Waals surface area contributed by atoms with Gasteiger partial charge in [0, 0.05) is 24.5 Å². The van der Waals surface area contributed by atoms with E-state index in [-0.39, 0.29) is 6.42 Å². The Morgan fingerprint density at radius 2 is 1.77 bits per heavy atom. The zero-order valence-electron chi connectivity index (χ0n) is 17.4. The van der Waals surface area contributed by atoms with Gasteiger partial charge in [-0.3, -0.25) is 4.79 Å². The molecule has 1 N–H and O–H groups in total. The lowest BCUT2D eigenvalue weighted by Crippen LogP contribution is -2.29. The summed E-state index contributed by atoms with van der Waals surface area (Å²) >= 11 is 6.19. The zero-order valence-corrected chi connectivity index (χ0v) is 18.1. The highest BCUT2D eigenvalue weighted by atomic mass is 35.5. The van der Waals surface area contributed by atoms with Crippen molar-refractivity contribution in [2.45, 2.75) is 38.8 Å². The largest absolute Gasteiger partial charge is 0.487 e. The lowest BCUT2D eigenvalue weighted by Gasteiger charge is -2.33. The topological polar surface area (TPSA) is 49.8 Å². The minimum absolute atomic E-state index is 0.147. The van der Waals surface area contributed by atoms with E-state index in [0.717, 1.165) is 47.8 Å². The molecule has 160 valence electrons. The molecule has 0 spiro atoms. The second-order valence-corrected chi connectivity index (χ2v) is 8.35. The molecule has 5 heteroatoms. The molecular formula is C26H26ClNO3. The molecule has 1 aliphatic rings. The van der Waals surface area contributed by atoms with Crippen molar-refractivity contribution in [3.05, 3.63) is 94.0 Å². The first-order valence-electron chi connectivity index (χ1n) is 10.6. The van der Waals surface area contributed by atoms with Gasteiger partial charge in [0.05, 0.1) is 5.69 Å². The van der Waals surface area contributed by atoms with Crippen molar-refractivity contribution < 1.29 is 14.6 Å². The molecule has 4 rings (SSSR count). The van der Waals surface area contributed by atoms with Crippen LogP contribution in [-0.4, -0.2) is 17.6 Å². The van der Waals surface area contributed by atoms with Gasteiger partial charge in [0.15, 0.2) is 0 Å². The van der Waals surface area contributed by atoms with Gasteiger partial charge < -0.3 is 14.7 Å². The Kier molecular flexibility index (Phi) is 6.78. The monoisotopic (exact) mass is 435 g/mol. The highest BCUT2D eigenvalue weighted by Gasteiger charge is 2.21. The van der Waals surface area contributed by atoms with Gasteiger partial charge in [-0.15, -0.1) is 0 Å². The molecule has 0 bridgehead atoms. The number of anilines is 1. The Bertz CT molecular complexity index is 1050. The molecule has 3 aromatic carbocycles. The molecule has 0 aliphatic carbocycles. The van der Waals surface area contributed by atoms with Gasteiger partial charge in [0.25, 0.3) is 0 Å². The average molecular weight is 436 g/mol. The number of halogens is 1. The van der Waals surface area contributed by atoms with Crippen LogP contribution in [0.15, 0.2) is 66.7 Å². The summed E-state index contributed by atoms with van der Waals surface area (Å²) in [6, 6.07) is 22.3. The van der Waals surface area contributed by atoms with E-state index in [1.165, 1.54) is 16.8 Å². The van der Waals surface area contributed by atoms with Crippen molar-refractivity contribution in [3.63, 3.8) is 0 Å². The maximum atomic E-state index is 10.7. The van der Waals surface area contributed by atoms with Crippen LogP contribution in [0.25, 0.3) is 0 Å². The number of nitrogens with zero attached hydrogens (tertiary/aromatic N) is 1. The molecule has 4 nitrogen and oxygen atoms in total. The third kappa shape index (κ3) is 5.59. The second kappa shape index (κ2) is 9.88. The minimum atomic E-state index is -0.774. The normalized spacial score (nSPS) is 13.0. The van der Waals surface area contributed by atoms with Crippen LogP contribution in [0.5, 0.6) is 5.75 Å². The number of rotatable bonds is 8. The van der Waals surface area contributed by atoms with E-state index in [2.05, 4.69) is 23.1 Å². The number of carbonyl (C=O) groups is 1. The Morgan fingerprint density at radius 1 is 1.00 bits per heavy atom. The summed E-state index contributed by atoms with van der Waals surface area (Å²) in [4.78, 5) is 13.1.